The second kappa shape index (κ2) is 6.55. The van der Waals surface area contributed by atoms with Crippen LogP contribution in [0.1, 0.15) is 36.7 Å². The molecule has 0 aliphatic carbocycles. The van der Waals surface area contributed by atoms with Gasteiger partial charge in [-0.25, -0.2) is 13.1 Å². The monoisotopic (exact) mass is 313 g/mol. The molecule has 21 heavy (non-hydrogen) atoms. The lowest BCUT2D eigenvalue weighted by molar-refractivity contribution is 0.0915. The average Bonchev–Trinajstić information content (AvgIpc) is 2.38. The van der Waals surface area contributed by atoms with Crippen molar-refractivity contribution in [3.63, 3.8) is 0 Å². The van der Waals surface area contributed by atoms with Crippen molar-refractivity contribution in [3.05, 3.63) is 29.3 Å². The Morgan fingerprint density at radius 1 is 1.33 bits per heavy atom. The maximum Gasteiger partial charge on any atom is 0.252 e. The van der Waals surface area contributed by atoms with E-state index in [-0.39, 0.29) is 23.9 Å². The molecule has 0 aromatic heterocycles. The third-order valence-corrected chi connectivity index (χ3v) is 4.60. The van der Waals surface area contributed by atoms with Crippen LogP contribution in [-0.4, -0.2) is 33.0 Å². The van der Waals surface area contributed by atoms with E-state index in [1.165, 1.54) is 12.1 Å². The molecular formula is C14H23N3O3S. The number of hydrogen-bond donors (Lipinski definition) is 3. The Hall–Kier alpha value is -1.44. The summed E-state index contributed by atoms with van der Waals surface area (Å²) in [6.07, 6.45) is 0. The molecule has 0 saturated heterocycles. The van der Waals surface area contributed by atoms with Gasteiger partial charge in [0.2, 0.25) is 10.0 Å². The van der Waals surface area contributed by atoms with Gasteiger partial charge in [-0.3, -0.25) is 4.79 Å². The molecule has 1 aromatic rings. The van der Waals surface area contributed by atoms with E-state index in [2.05, 4.69) is 10.0 Å². The van der Waals surface area contributed by atoms with E-state index in [9.17, 15) is 13.2 Å². The summed E-state index contributed by atoms with van der Waals surface area (Å²) in [5, 5.41) is 2.79. The number of nitrogens with two attached hydrogens (primary N) is 1. The van der Waals surface area contributed by atoms with Gasteiger partial charge in [0.25, 0.3) is 5.91 Å². The smallest absolute Gasteiger partial charge is 0.252 e. The molecule has 0 saturated carbocycles. The highest BCUT2D eigenvalue weighted by molar-refractivity contribution is 7.89. The summed E-state index contributed by atoms with van der Waals surface area (Å²) >= 11 is 0. The number of nitrogens with one attached hydrogen (secondary N) is 2. The molecule has 7 heteroatoms. The lowest BCUT2D eigenvalue weighted by Gasteiger charge is -2.24. The Morgan fingerprint density at radius 2 is 1.95 bits per heavy atom. The zero-order valence-corrected chi connectivity index (χ0v) is 13.7. The summed E-state index contributed by atoms with van der Waals surface area (Å²) in [7, 11) is -3.59. The first-order valence-corrected chi connectivity index (χ1v) is 8.24. The highest BCUT2D eigenvalue weighted by Crippen LogP contribution is 2.16. The highest BCUT2D eigenvalue weighted by Gasteiger charge is 2.22. The van der Waals surface area contributed by atoms with Crippen LogP contribution in [-0.2, 0) is 10.0 Å². The van der Waals surface area contributed by atoms with Crippen LogP contribution in [0, 0.1) is 6.92 Å². The molecule has 0 radical (unpaired) electrons. The van der Waals surface area contributed by atoms with Crippen molar-refractivity contribution in [3.8, 4) is 0 Å². The maximum absolute atomic E-state index is 12.3. The molecule has 0 unspecified atom stereocenters. The van der Waals surface area contributed by atoms with Crippen LogP contribution in [0.4, 0.5) is 0 Å². The standard InChI is InChI=1S/C14H23N3O3S/c1-5-16-21(19,20)11-7-6-10(2)12(8-11)13(18)17-14(3,4)9-15/h6-8,16H,5,9,15H2,1-4H3,(H,17,18). The SMILES string of the molecule is CCNS(=O)(=O)c1ccc(C)c(C(=O)NC(C)(C)CN)c1. The minimum atomic E-state index is -3.59. The van der Waals surface area contributed by atoms with Crippen LogP contribution in [0.15, 0.2) is 23.1 Å². The minimum Gasteiger partial charge on any atom is -0.346 e. The number of carbonyl (C=O) groups excluding carboxylic acids is 1. The van der Waals surface area contributed by atoms with E-state index in [1.807, 2.05) is 0 Å². The normalized spacial score (nSPS) is 12.2. The van der Waals surface area contributed by atoms with E-state index in [1.54, 1.807) is 33.8 Å². The Bertz CT molecular complexity index is 624. The Balaban J connectivity index is 3.17. The van der Waals surface area contributed by atoms with Gasteiger partial charge in [0.1, 0.15) is 0 Å². The van der Waals surface area contributed by atoms with Crippen molar-refractivity contribution in [1.29, 1.82) is 0 Å². The minimum absolute atomic E-state index is 0.0747. The Morgan fingerprint density at radius 3 is 2.48 bits per heavy atom. The molecule has 118 valence electrons. The molecular weight excluding hydrogens is 290 g/mol. The molecule has 0 fully saturated rings. The molecule has 0 spiro atoms. The molecule has 0 bridgehead atoms. The zero-order valence-electron chi connectivity index (χ0n) is 12.9. The van der Waals surface area contributed by atoms with Gasteiger partial charge in [0, 0.05) is 24.2 Å². The molecule has 4 N–H and O–H groups in total. The second-order valence-corrected chi connectivity index (χ2v) is 7.29. The molecule has 0 aliphatic rings. The van der Waals surface area contributed by atoms with Gasteiger partial charge >= 0.3 is 0 Å². The van der Waals surface area contributed by atoms with Gasteiger partial charge in [-0.05, 0) is 38.5 Å². The summed E-state index contributed by atoms with van der Waals surface area (Å²) in [6.45, 7) is 7.64. The van der Waals surface area contributed by atoms with Gasteiger partial charge < -0.3 is 11.1 Å². The number of sulfonamides is 1. The molecule has 0 heterocycles. The van der Waals surface area contributed by atoms with E-state index in [0.717, 1.165) is 0 Å². The number of carbonyl (C=O) groups is 1. The average molecular weight is 313 g/mol. The third-order valence-electron chi connectivity index (χ3n) is 3.06. The van der Waals surface area contributed by atoms with Crippen molar-refractivity contribution < 1.29 is 13.2 Å². The van der Waals surface area contributed by atoms with Crippen molar-refractivity contribution in [2.75, 3.05) is 13.1 Å². The number of benzene rings is 1. The zero-order chi connectivity index (χ0) is 16.3. The maximum atomic E-state index is 12.3. The fourth-order valence-electron chi connectivity index (χ4n) is 1.71. The summed E-state index contributed by atoms with van der Waals surface area (Å²) < 4.78 is 26.4. The van der Waals surface area contributed by atoms with Crippen molar-refractivity contribution in [2.45, 2.75) is 38.1 Å². The number of aryl methyl sites for hydroxylation is 1. The predicted molar refractivity (Wildman–Crippen MR) is 82.6 cm³/mol. The second-order valence-electron chi connectivity index (χ2n) is 5.52. The summed E-state index contributed by atoms with van der Waals surface area (Å²) in [6, 6.07) is 4.49. The van der Waals surface area contributed by atoms with Crippen molar-refractivity contribution >= 4 is 15.9 Å². The first-order valence-electron chi connectivity index (χ1n) is 6.76. The first-order chi connectivity index (χ1) is 9.63. The topological polar surface area (TPSA) is 101 Å². The van der Waals surface area contributed by atoms with E-state index in [0.29, 0.717) is 11.1 Å². The van der Waals surface area contributed by atoms with Crippen molar-refractivity contribution in [2.24, 2.45) is 5.73 Å². The van der Waals surface area contributed by atoms with Crippen LogP contribution >= 0.6 is 0 Å². The van der Waals surface area contributed by atoms with Crippen LogP contribution in [0.2, 0.25) is 0 Å². The fraction of sp³-hybridized carbons (Fsp3) is 0.500. The highest BCUT2D eigenvalue weighted by atomic mass is 32.2. The van der Waals surface area contributed by atoms with E-state index in [4.69, 9.17) is 5.73 Å². The quantitative estimate of drug-likeness (QED) is 0.721. The van der Waals surface area contributed by atoms with Gasteiger partial charge in [0.15, 0.2) is 0 Å². The lowest BCUT2D eigenvalue weighted by atomic mass is 10.0. The summed E-state index contributed by atoms with van der Waals surface area (Å²) in [5.41, 5.74) is 6.07. The Labute approximate surface area is 126 Å². The third kappa shape index (κ3) is 4.52. The van der Waals surface area contributed by atoms with Gasteiger partial charge in [-0.15, -0.1) is 0 Å². The van der Waals surface area contributed by atoms with Gasteiger partial charge in [-0.2, -0.15) is 0 Å². The summed E-state index contributed by atoms with van der Waals surface area (Å²) in [4.78, 5) is 12.4. The van der Waals surface area contributed by atoms with Gasteiger partial charge in [0.05, 0.1) is 4.90 Å². The van der Waals surface area contributed by atoms with Crippen LogP contribution in [0.25, 0.3) is 0 Å². The van der Waals surface area contributed by atoms with Crippen LogP contribution < -0.4 is 15.8 Å². The molecule has 6 nitrogen and oxygen atoms in total. The fourth-order valence-corrected chi connectivity index (χ4v) is 2.78. The molecule has 1 amide bonds. The number of amides is 1. The largest absolute Gasteiger partial charge is 0.346 e. The lowest BCUT2D eigenvalue weighted by Crippen LogP contribution is -2.49. The molecule has 1 aromatic carbocycles. The number of rotatable bonds is 6. The van der Waals surface area contributed by atoms with Crippen LogP contribution in [0.5, 0.6) is 0 Å². The van der Waals surface area contributed by atoms with E-state index < -0.39 is 15.6 Å². The number of hydrogen-bond acceptors (Lipinski definition) is 4. The van der Waals surface area contributed by atoms with Crippen molar-refractivity contribution in [1.82, 2.24) is 10.0 Å². The molecule has 0 atom stereocenters. The first kappa shape index (κ1) is 17.6. The van der Waals surface area contributed by atoms with E-state index >= 15 is 0 Å². The van der Waals surface area contributed by atoms with Crippen LogP contribution in [0.3, 0.4) is 0 Å². The molecule has 1 rings (SSSR count). The molecule has 0 aliphatic heterocycles. The van der Waals surface area contributed by atoms with Gasteiger partial charge in [-0.1, -0.05) is 13.0 Å². The Kier molecular flexibility index (Phi) is 5.49. The summed E-state index contributed by atoms with van der Waals surface area (Å²) in [5.74, 6) is -0.337. The predicted octanol–water partition coefficient (Wildman–Crippen LogP) is 0.760.